The summed E-state index contributed by atoms with van der Waals surface area (Å²) in [4.78, 5) is 11.6. The van der Waals surface area contributed by atoms with Crippen LogP contribution in [0.5, 0.6) is 17.4 Å². The molecule has 0 amide bonds. The number of hydrogen-bond acceptors (Lipinski definition) is 8. The van der Waals surface area contributed by atoms with Crippen LogP contribution in [0.15, 0.2) is 53.9 Å². The number of benzene rings is 2. The number of rotatable bonds is 8. The van der Waals surface area contributed by atoms with Crippen molar-refractivity contribution < 1.29 is 18.6 Å². The maximum absolute atomic E-state index is 14.4. The van der Waals surface area contributed by atoms with Gasteiger partial charge in [-0.1, -0.05) is 0 Å². The first-order chi connectivity index (χ1) is 16.7. The van der Waals surface area contributed by atoms with E-state index in [1.54, 1.807) is 6.07 Å². The molecule has 5 rings (SSSR count). The number of thiophene rings is 1. The molecule has 174 valence electrons. The third-order valence-corrected chi connectivity index (χ3v) is 6.39. The summed E-state index contributed by atoms with van der Waals surface area (Å²) in [5.74, 6) is 1.05. The first kappa shape index (κ1) is 22.4. The van der Waals surface area contributed by atoms with E-state index < -0.39 is 5.82 Å². The zero-order valence-corrected chi connectivity index (χ0v) is 19.2. The van der Waals surface area contributed by atoms with Crippen LogP contribution in [0.1, 0.15) is 5.56 Å². The summed E-state index contributed by atoms with van der Waals surface area (Å²) >= 11 is 1.43. The molecule has 7 nitrogen and oxygen atoms in total. The highest BCUT2D eigenvalue weighted by atomic mass is 32.1. The SMILES string of the molecule is N=Cc1ccc(Oc2nc(-c3ccc(OCCN4CCOCC4)cc3)nc3ccsc23)c(F)c1. The van der Waals surface area contributed by atoms with E-state index in [-0.39, 0.29) is 5.75 Å². The molecule has 2 aromatic heterocycles. The number of hydrogen-bond donors (Lipinski definition) is 1. The molecule has 1 aliphatic heterocycles. The van der Waals surface area contributed by atoms with Crippen molar-refractivity contribution in [3.05, 3.63) is 65.3 Å². The Hall–Kier alpha value is -3.40. The van der Waals surface area contributed by atoms with Gasteiger partial charge in [0.25, 0.3) is 0 Å². The number of halogens is 1. The summed E-state index contributed by atoms with van der Waals surface area (Å²) in [7, 11) is 0. The molecule has 0 unspecified atom stereocenters. The molecule has 3 heterocycles. The number of nitrogens with zero attached hydrogens (tertiary/aromatic N) is 3. The summed E-state index contributed by atoms with van der Waals surface area (Å²) in [5.41, 5.74) is 1.99. The van der Waals surface area contributed by atoms with Crippen LogP contribution in [-0.2, 0) is 4.74 Å². The lowest BCUT2D eigenvalue weighted by Crippen LogP contribution is -2.38. The van der Waals surface area contributed by atoms with Crippen LogP contribution < -0.4 is 9.47 Å². The van der Waals surface area contributed by atoms with Crippen molar-refractivity contribution in [1.29, 1.82) is 5.41 Å². The van der Waals surface area contributed by atoms with E-state index in [0.717, 1.165) is 60.6 Å². The van der Waals surface area contributed by atoms with Gasteiger partial charge in [-0.15, -0.1) is 11.3 Å². The first-order valence-electron chi connectivity index (χ1n) is 11.0. The lowest BCUT2D eigenvalue weighted by atomic mass is 10.2. The second-order valence-electron chi connectivity index (χ2n) is 7.75. The second kappa shape index (κ2) is 10.3. The van der Waals surface area contributed by atoms with Gasteiger partial charge in [-0.05, 0) is 59.5 Å². The maximum Gasteiger partial charge on any atom is 0.241 e. The highest BCUT2D eigenvalue weighted by molar-refractivity contribution is 7.17. The zero-order valence-electron chi connectivity index (χ0n) is 18.4. The van der Waals surface area contributed by atoms with E-state index in [9.17, 15) is 4.39 Å². The van der Waals surface area contributed by atoms with Gasteiger partial charge >= 0.3 is 0 Å². The molecule has 0 atom stereocenters. The highest BCUT2D eigenvalue weighted by Gasteiger charge is 2.15. The molecule has 0 spiro atoms. The van der Waals surface area contributed by atoms with Crippen molar-refractivity contribution in [1.82, 2.24) is 14.9 Å². The average Bonchev–Trinajstić information content (AvgIpc) is 3.35. The fourth-order valence-corrected chi connectivity index (χ4v) is 4.40. The highest BCUT2D eigenvalue weighted by Crippen LogP contribution is 2.34. The number of ether oxygens (including phenoxy) is 3. The molecule has 34 heavy (non-hydrogen) atoms. The van der Waals surface area contributed by atoms with E-state index in [2.05, 4.69) is 14.9 Å². The molecule has 1 N–H and O–H groups in total. The van der Waals surface area contributed by atoms with Gasteiger partial charge in [0.2, 0.25) is 5.88 Å². The second-order valence-corrected chi connectivity index (χ2v) is 8.67. The third kappa shape index (κ3) is 5.06. The van der Waals surface area contributed by atoms with Gasteiger partial charge in [-0.2, -0.15) is 4.98 Å². The Morgan fingerprint density at radius 3 is 2.68 bits per heavy atom. The van der Waals surface area contributed by atoms with Crippen molar-refractivity contribution in [2.45, 2.75) is 0 Å². The van der Waals surface area contributed by atoms with Gasteiger partial charge in [0.1, 0.15) is 17.1 Å². The Labute approximate surface area is 200 Å². The van der Waals surface area contributed by atoms with Crippen molar-refractivity contribution in [3.63, 3.8) is 0 Å². The summed E-state index contributed by atoms with van der Waals surface area (Å²) in [6, 6.07) is 13.9. The largest absolute Gasteiger partial charge is 0.492 e. The molecule has 0 aliphatic carbocycles. The Morgan fingerprint density at radius 1 is 1.09 bits per heavy atom. The number of morpholine rings is 1. The average molecular weight is 479 g/mol. The Bertz CT molecular complexity index is 1290. The predicted molar refractivity (Wildman–Crippen MR) is 130 cm³/mol. The minimum atomic E-state index is -0.551. The van der Waals surface area contributed by atoms with Gasteiger partial charge in [-0.3, -0.25) is 4.90 Å². The lowest BCUT2D eigenvalue weighted by molar-refractivity contribution is 0.0322. The summed E-state index contributed by atoms with van der Waals surface area (Å²) in [6.07, 6.45) is 1.09. The van der Waals surface area contributed by atoms with Crippen LogP contribution >= 0.6 is 11.3 Å². The zero-order chi connectivity index (χ0) is 23.3. The summed E-state index contributed by atoms with van der Waals surface area (Å²) in [6.45, 7) is 4.89. The number of nitrogens with one attached hydrogen (secondary N) is 1. The summed E-state index contributed by atoms with van der Waals surface area (Å²) in [5, 5.41) is 9.17. The molecule has 1 fully saturated rings. The fraction of sp³-hybridized carbons (Fsp3) is 0.240. The van der Waals surface area contributed by atoms with Gasteiger partial charge in [0.05, 0.1) is 18.7 Å². The monoisotopic (exact) mass is 478 g/mol. The van der Waals surface area contributed by atoms with E-state index in [1.807, 2.05) is 35.7 Å². The standard InChI is InChI=1S/C25H23FN4O3S/c26-20-15-17(16-27)1-6-22(20)33-25-23-21(7-14-34-23)28-24(29-25)18-2-4-19(5-3-18)32-13-10-30-8-11-31-12-9-30/h1-7,14-16,27H,8-13H2. The molecule has 4 aromatic rings. The first-order valence-corrected chi connectivity index (χ1v) is 11.8. The lowest BCUT2D eigenvalue weighted by Gasteiger charge is -2.26. The Kier molecular flexibility index (Phi) is 6.75. The smallest absolute Gasteiger partial charge is 0.241 e. The van der Waals surface area contributed by atoms with E-state index in [1.165, 1.54) is 23.5 Å². The van der Waals surface area contributed by atoms with Crippen LogP contribution in [0.3, 0.4) is 0 Å². The Morgan fingerprint density at radius 2 is 1.91 bits per heavy atom. The van der Waals surface area contributed by atoms with Crippen molar-refractivity contribution in [2.75, 3.05) is 39.5 Å². The van der Waals surface area contributed by atoms with E-state index in [0.29, 0.717) is 23.9 Å². The fourth-order valence-electron chi connectivity index (χ4n) is 3.65. The predicted octanol–water partition coefficient (Wildman–Crippen LogP) is 5.00. The quantitative estimate of drug-likeness (QED) is 0.359. The number of aromatic nitrogens is 2. The normalized spacial score (nSPS) is 14.3. The molecular formula is C25H23FN4O3S. The van der Waals surface area contributed by atoms with Crippen LogP contribution in [0, 0.1) is 11.2 Å². The number of fused-ring (bicyclic) bond motifs is 1. The minimum absolute atomic E-state index is 0.0500. The molecular weight excluding hydrogens is 455 g/mol. The molecule has 2 aromatic carbocycles. The minimum Gasteiger partial charge on any atom is -0.492 e. The maximum atomic E-state index is 14.4. The summed E-state index contributed by atoms with van der Waals surface area (Å²) < 4.78 is 32.3. The molecule has 1 aliphatic rings. The molecule has 1 saturated heterocycles. The van der Waals surface area contributed by atoms with Crippen LogP contribution in [0.2, 0.25) is 0 Å². The topological polar surface area (TPSA) is 80.6 Å². The molecule has 0 radical (unpaired) electrons. The molecule has 9 heteroatoms. The van der Waals surface area contributed by atoms with Crippen LogP contribution in [0.4, 0.5) is 4.39 Å². The van der Waals surface area contributed by atoms with Crippen molar-refractivity contribution >= 4 is 27.8 Å². The van der Waals surface area contributed by atoms with Crippen LogP contribution in [0.25, 0.3) is 21.6 Å². The van der Waals surface area contributed by atoms with Crippen molar-refractivity contribution in [3.8, 4) is 28.8 Å². The van der Waals surface area contributed by atoms with Crippen molar-refractivity contribution in [2.24, 2.45) is 0 Å². The van der Waals surface area contributed by atoms with E-state index >= 15 is 0 Å². The van der Waals surface area contributed by atoms with Gasteiger partial charge < -0.3 is 19.6 Å². The third-order valence-electron chi connectivity index (χ3n) is 5.49. The van der Waals surface area contributed by atoms with E-state index in [4.69, 9.17) is 19.6 Å². The molecule has 0 saturated carbocycles. The van der Waals surface area contributed by atoms with Gasteiger partial charge in [0.15, 0.2) is 17.4 Å². The molecule has 0 bridgehead atoms. The Balaban J connectivity index is 1.33. The van der Waals surface area contributed by atoms with Gasteiger partial charge in [-0.25, -0.2) is 9.37 Å². The van der Waals surface area contributed by atoms with Gasteiger partial charge in [0, 0.05) is 31.4 Å². The van der Waals surface area contributed by atoms with Crippen LogP contribution in [-0.4, -0.2) is 60.5 Å².